The van der Waals surface area contributed by atoms with E-state index in [1.807, 2.05) is 6.07 Å². The van der Waals surface area contributed by atoms with Gasteiger partial charge in [0, 0.05) is 12.1 Å². The van der Waals surface area contributed by atoms with Gasteiger partial charge in [0.15, 0.2) is 0 Å². The SMILES string of the molecule is CCC1(c2nc(-c3ccc(C)c(F)c3)no2)CCCNC1. The average Bonchev–Trinajstić information content (AvgIpc) is 3.01. The van der Waals surface area contributed by atoms with Crippen LogP contribution in [-0.4, -0.2) is 23.2 Å². The van der Waals surface area contributed by atoms with Gasteiger partial charge in [-0.25, -0.2) is 4.39 Å². The van der Waals surface area contributed by atoms with E-state index < -0.39 is 0 Å². The normalized spacial score (nSPS) is 22.4. The first kappa shape index (κ1) is 14.2. The van der Waals surface area contributed by atoms with Crippen molar-refractivity contribution in [1.29, 1.82) is 0 Å². The smallest absolute Gasteiger partial charge is 0.234 e. The summed E-state index contributed by atoms with van der Waals surface area (Å²) in [4.78, 5) is 4.53. The summed E-state index contributed by atoms with van der Waals surface area (Å²) in [6.45, 7) is 5.77. The van der Waals surface area contributed by atoms with E-state index in [9.17, 15) is 4.39 Å². The number of halogens is 1. The maximum atomic E-state index is 13.7. The van der Waals surface area contributed by atoms with Gasteiger partial charge in [-0.1, -0.05) is 24.2 Å². The van der Waals surface area contributed by atoms with E-state index in [0.717, 1.165) is 32.4 Å². The highest BCUT2D eigenvalue weighted by Crippen LogP contribution is 2.34. The Kier molecular flexibility index (Phi) is 3.76. The Morgan fingerprint density at radius 3 is 2.95 bits per heavy atom. The first-order chi connectivity index (χ1) is 10.1. The van der Waals surface area contributed by atoms with Gasteiger partial charge in [0.2, 0.25) is 11.7 Å². The molecule has 1 aromatic carbocycles. The zero-order valence-corrected chi connectivity index (χ0v) is 12.4. The number of piperidine rings is 1. The molecule has 1 aromatic heterocycles. The summed E-state index contributed by atoms with van der Waals surface area (Å²) in [5.74, 6) is 0.874. The Morgan fingerprint density at radius 2 is 2.29 bits per heavy atom. The van der Waals surface area contributed by atoms with Crippen LogP contribution in [-0.2, 0) is 5.41 Å². The minimum Gasteiger partial charge on any atom is -0.338 e. The molecule has 1 unspecified atom stereocenters. The van der Waals surface area contributed by atoms with Crippen molar-refractivity contribution < 1.29 is 8.91 Å². The molecule has 0 aliphatic carbocycles. The molecule has 0 saturated carbocycles. The fourth-order valence-electron chi connectivity index (χ4n) is 2.89. The number of nitrogens with one attached hydrogen (secondary N) is 1. The van der Waals surface area contributed by atoms with Gasteiger partial charge < -0.3 is 9.84 Å². The number of hydrogen-bond acceptors (Lipinski definition) is 4. The summed E-state index contributed by atoms with van der Waals surface area (Å²) >= 11 is 0. The molecule has 21 heavy (non-hydrogen) atoms. The minimum atomic E-state index is -0.247. The van der Waals surface area contributed by atoms with Gasteiger partial charge in [0.1, 0.15) is 5.82 Å². The molecule has 0 bridgehead atoms. The number of aromatic nitrogens is 2. The van der Waals surface area contributed by atoms with Crippen molar-refractivity contribution in [2.45, 2.75) is 38.5 Å². The molecule has 0 radical (unpaired) electrons. The number of hydrogen-bond donors (Lipinski definition) is 1. The van der Waals surface area contributed by atoms with E-state index in [1.54, 1.807) is 13.0 Å². The summed E-state index contributed by atoms with van der Waals surface area (Å²) < 4.78 is 19.2. The van der Waals surface area contributed by atoms with E-state index in [2.05, 4.69) is 22.4 Å². The molecular formula is C16H20FN3O. The van der Waals surface area contributed by atoms with Gasteiger partial charge >= 0.3 is 0 Å². The van der Waals surface area contributed by atoms with Crippen LogP contribution in [0, 0.1) is 12.7 Å². The highest BCUT2D eigenvalue weighted by atomic mass is 19.1. The lowest BCUT2D eigenvalue weighted by Gasteiger charge is -2.33. The van der Waals surface area contributed by atoms with Crippen molar-refractivity contribution in [2.24, 2.45) is 0 Å². The maximum absolute atomic E-state index is 13.7. The van der Waals surface area contributed by atoms with Crippen LogP contribution in [0.15, 0.2) is 22.7 Å². The Balaban J connectivity index is 1.93. The van der Waals surface area contributed by atoms with Gasteiger partial charge in [-0.3, -0.25) is 0 Å². The third-order valence-electron chi connectivity index (χ3n) is 4.46. The van der Waals surface area contributed by atoms with E-state index >= 15 is 0 Å². The molecule has 2 aromatic rings. The average molecular weight is 289 g/mol. The molecule has 4 nitrogen and oxygen atoms in total. The molecule has 0 spiro atoms. The zero-order chi connectivity index (χ0) is 14.9. The molecule has 112 valence electrons. The summed E-state index contributed by atoms with van der Waals surface area (Å²) in [5.41, 5.74) is 1.18. The second-order valence-electron chi connectivity index (χ2n) is 5.80. The Hall–Kier alpha value is -1.75. The summed E-state index contributed by atoms with van der Waals surface area (Å²) in [6.07, 6.45) is 3.09. The van der Waals surface area contributed by atoms with Crippen LogP contribution in [0.2, 0.25) is 0 Å². The Labute approximate surface area is 123 Å². The van der Waals surface area contributed by atoms with Crippen molar-refractivity contribution in [1.82, 2.24) is 15.5 Å². The third kappa shape index (κ3) is 2.58. The van der Waals surface area contributed by atoms with E-state index in [4.69, 9.17) is 4.52 Å². The van der Waals surface area contributed by atoms with Gasteiger partial charge in [0.05, 0.1) is 5.41 Å². The van der Waals surface area contributed by atoms with Gasteiger partial charge in [-0.15, -0.1) is 0 Å². The second-order valence-corrected chi connectivity index (χ2v) is 5.80. The quantitative estimate of drug-likeness (QED) is 0.942. The molecule has 1 aliphatic heterocycles. The first-order valence-corrected chi connectivity index (χ1v) is 7.46. The molecule has 2 heterocycles. The van der Waals surface area contributed by atoms with Crippen LogP contribution in [0.5, 0.6) is 0 Å². The maximum Gasteiger partial charge on any atom is 0.234 e. The fraction of sp³-hybridized carbons (Fsp3) is 0.500. The molecule has 1 N–H and O–H groups in total. The van der Waals surface area contributed by atoms with Crippen molar-refractivity contribution in [3.05, 3.63) is 35.5 Å². The van der Waals surface area contributed by atoms with E-state index in [0.29, 0.717) is 22.8 Å². The highest BCUT2D eigenvalue weighted by Gasteiger charge is 2.37. The molecule has 1 atom stereocenters. The van der Waals surface area contributed by atoms with Crippen LogP contribution in [0.3, 0.4) is 0 Å². The number of rotatable bonds is 3. The first-order valence-electron chi connectivity index (χ1n) is 7.46. The van der Waals surface area contributed by atoms with Crippen LogP contribution in [0.1, 0.15) is 37.6 Å². The number of nitrogens with zero attached hydrogens (tertiary/aromatic N) is 2. The van der Waals surface area contributed by atoms with Crippen LogP contribution in [0.25, 0.3) is 11.4 Å². The topological polar surface area (TPSA) is 51.0 Å². The summed E-state index contributed by atoms with van der Waals surface area (Å²) in [7, 11) is 0. The monoisotopic (exact) mass is 289 g/mol. The van der Waals surface area contributed by atoms with Crippen LogP contribution < -0.4 is 5.32 Å². The molecular weight excluding hydrogens is 269 g/mol. The van der Waals surface area contributed by atoms with Crippen molar-refractivity contribution in [2.75, 3.05) is 13.1 Å². The highest BCUT2D eigenvalue weighted by molar-refractivity contribution is 5.55. The Bertz CT molecular complexity index is 632. The fourth-order valence-corrected chi connectivity index (χ4v) is 2.89. The van der Waals surface area contributed by atoms with Crippen molar-refractivity contribution in [3.63, 3.8) is 0 Å². The predicted octanol–water partition coefficient (Wildman–Crippen LogP) is 3.22. The second kappa shape index (κ2) is 5.56. The minimum absolute atomic E-state index is 0.0905. The van der Waals surface area contributed by atoms with Crippen molar-refractivity contribution in [3.8, 4) is 11.4 Å². The number of benzene rings is 1. The van der Waals surface area contributed by atoms with Crippen LogP contribution in [0.4, 0.5) is 4.39 Å². The summed E-state index contributed by atoms with van der Waals surface area (Å²) in [6, 6.07) is 5.02. The standard InChI is InChI=1S/C16H20FN3O/c1-3-16(7-4-8-18-10-16)15-19-14(20-21-15)12-6-5-11(2)13(17)9-12/h5-6,9,18H,3-4,7-8,10H2,1-2H3. The molecule has 1 aliphatic rings. The van der Waals surface area contributed by atoms with Crippen molar-refractivity contribution >= 4 is 0 Å². The lowest BCUT2D eigenvalue weighted by Crippen LogP contribution is -2.43. The van der Waals surface area contributed by atoms with Gasteiger partial charge in [0.25, 0.3) is 0 Å². The largest absolute Gasteiger partial charge is 0.338 e. The molecule has 0 amide bonds. The molecule has 1 fully saturated rings. The van der Waals surface area contributed by atoms with Crippen LogP contribution >= 0.6 is 0 Å². The third-order valence-corrected chi connectivity index (χ3v) is 4.46. The van der Waals surface area contributed by atoms with Gasteiger partial charge in [-0.2, -0.15) is 4.98 Å². The molecule has 5 heteroatoms. The molecule has 1 saturated heterocycles. The lowest BCUT2D eigenvalue weighted by molar-refractivity contribution is 0.221. The zero-order valence-electron chi connectivity index (χ0n) is 12.4. The number of aryl methyl sites for hydroxylation is 1. The van der Waals surface area contributed by atoms with E-state index in [-0.39, 0.29) is 11.2 Å². The van der Waals surface area contributed by atoms with E-state index in [1.165, 1.54) is 6.07 Å². The lowest BCUT2D eigenvalue weighted by atomic mass is 9.78. The molecule has 3 rings (SSSR count). The van der Waals surface area contributed by atoms with Gasteiger partial charge in [-0.05, 0) is 44.4 Å². The Morgan fingerprint density at radius 1 is 1.43 bits per heavy atom. The summed E-state index contributed by atoms with van der Waals surface area (Å²) in [5, 5.41) is 7.45. The predicted molar refractivity (Wildman–Crippen MR) is 78.5 cm³/mol.